The van der Waals surface area contributed by atoms with Gasteiger partial charge in [-0.3, -0.25) is 4.68 Å². The fraction of sp³-hybridized carbons (Fsp3) is 0.533. The highest BCUT2D eigenvalue weighted by molar-refractivity contribution is 5.14. The predicted octanol–water partition coefficient (Wildman–Crippen LogP) is 2.42. The molecule has 0 amide bonds. The molecule has 1 N–H and O–H groups in total. The maximum atomic E-state index is 4.61. The molecule has 2 aromatic heterocycles. The fourth-order valence-corrected chi connectivity index (χ4v) is 2.28. The van der Waals surface area contributed by atoms with Crippen LogP contribution in [-0.4, -0.2) is 20.9 Å². The summed E-state index contributed by atoms with van der Waals surface area (Å²) in [6.45, 7) is 10.2. The standard InChI is InChI=1S/C15H24N4/c1-4-13-10-15(19(6-3)17-13)12-18-9-7-8-14(18)11-16-5-2/h7-10,16H,4-6,11-12H2,1-3H3. The highest BCUT2D eigenvalue weighted by Crippen LogP contribution is 2.11. The Morgan fingerprint density at radius 3 is 2.74 bits per heavy atom. The number of aryl methyl sites for hydroxylation is 2. The van der Waals surface area contributed by atoms with Crippen LogP contribution in [0.25, 0.3) is 0 Å². The molecule has 0 aliphatic carbocycles. The van der Waals surface area contributed by atoms with Gasteiger partial charge < -0.3 is 9.88 Å². The number of nitrogens with zero attached hydrogens (tertiary/aromatic N) is 3. The van der Waals surface area contributed by atoms with Gasteiger partial charge in [-0.15, -0.1) is 0 Å². The number of rotatable bonds is 7. The minimum atomic E-state index is 0.897. The Balaban J connectivity index is 2.16. The number of hydrogen-bond donors (Lipinski definition) is 1. The van der Waals surface area contributed by atoms with Gasteiger partial charge in [0.05, 0.1) is 17.9 Å². The van der Waals surface area contributed by atoms with E-state index in [1.165, 1.54) is 17.1 Å². The van der Waals surface area contributed by atoms with Crippen LogP contribution in [0.15, 0.2) is 24.4 Å². The van der Waals surface area contributed by atoms with E-state index in [2.05, 4.69) is 64.8 Å². The van der Waals surface area contributed by atoms with Crippen LogP contribution in [0.1, 0.15) is 37.9 Å². The van der Waals surface area contributed by atoms with Gasteiger partial charge in [-0.05, 0) is 38.1 Å². The van der Waals surface area contributed by atoms with E-state index in [4.69, 9.17) is 0 Å². The second-order valence-corrected chi connectivity index (χ2v) is 4.70. The zero-order chi connectivity index (χ0) is 13.7. The lowest BCUT2D eigenvalue weighted by Gasteiger charge is -2.10. The Labute approximate surface area is 115 Å². The van der Waals surface area contributed by atoms with Crippen molar-refractivity contribution in [3.8, 4) is 0 Å². The third kappa shape index (κ3) is 3.26. The molecule has 0 spiro atoms. The number of aromatic nitrogens is 3. The van der Waals surface area contributed by atoms with Crippen molar-refractivity contribution in [3.63, 3.8) is 0 Å². The maximum absolute atomic E-state index is 4.61. The summed E-state index contributed by atoms with van der Waals surface area (Å²) in [5.74, 6) is 0. The largest absolute Gasteiger partial charge is 0.344 e. The smallest absolute Gasteiger partial charge is 0.0642 e. The van der Waals surface area contributed by atoms with Crippen LogP contribution >= 0.6 is 0 Å². The molecule has 104 valence electrons. The molecule has 0 unspecified atom stereocenters. The summed E-state index contributed by atoms with van der Waals surface area (Å²) in [6, 6.07) is 6.51. The van der Waals surface area contributed by atoms with E-state index in [9.17, 15) is 0 Å². The summed E-state index contributed by atoms with van der Waals surface area (Å²) in [4.78, 5) is 0. The average molecular weight is 260 g/mol. The zero-order valence-corrected chi connectivity index (χ0v) is 12.2. The van der Waals surface area contributed by atoms with E-state index in [0.29, 0.717) is 0 Å². The van der Waals surface area contributed by atoms with Crippen molar-refractivity contribution in [1.82, 2.24) is 19.7 Å². The molecule has 4 nitrogen and oxygen atoms in total. The highest BCUT2D eigenvalue weighted by Gasteiger charge is 2.08. The van der Waals surface area contributed by atoms with Crippen LogP contribution in [0.2, 0.25) is 0 Å². The number of hydrogen-bond acceptors (Lipinski definition) is 2. The molecule has 0 bridgehead atoms. The topological polar surface area (TPSA) is 34.8 Å². The van der Waals surface area contributed by atoms with E-state index in [0.717, 1.165) is 32.6 Å². The first-order valence-corrected chi connectivity index (χ1v) is 7.18. The van der Waals surface area contributed by atoms with Crippen molar-refractivity contribution in [2.75, 3.05) is 6.54 Å². The lowest BCUT2D eigenvalue weighted by atomic mass is 10.3. The summed E-state index contributed by atoms with van der Waals surface area (Å²) in [7, 11) is 0. The van der Waals surface area contributed by atoms with Crippen molar-refractivity contribution >= 4 is 0 Å². The van der Waals surface area contributed by atoms with Crippen molar-refractivity contribution in [2.45, 2.75) is 46.8 Å². The fourth-order valence-electron chi connectivity index (χ4n) is 2.28. The van der Waals surface area contributed by atoms with Gasteiger partial charge in [0.1, 0.15) is 0 Å². The van der Waals surface area contributed by atoms with Crippen LogP contribution in [0, 0.1) is 0 Å². The van der Waals surface area contributed by atoms with Crippen molar-refractivity contribution < 1.29 is 0 Å². The van der Waals surface area contributed by atoms with Crippen molar-refractivity contribution in [2.24, 2.45) is 0 Å². The molecule has 0 aliphatic rings. The van der Waals surface area contributed by atoms with Gasteiger partial charge in [0.25, 0.3) is 0 Å². The Kier molecular flexibility index (Phi) is 4.80. The lowest BCUT2D eigenvalue weighted by Crippen LogP contribution is -2.16. The van der Waals surface area contributed by atoms with Gasteiger partial charge in [0, 0.05) is 25.0 Å². The summed E-state index contributed by atoms with van der Waals surface area (Å²) >= 11 is 0. The molecule has 2 aromatic rings. The van der Waals surface area contributed by atoms with Crippen molar-refractivity contribution in [3.05, 3.63) is 41.5 Å². The van der Waals surface area contributed by atoms with Gasteiger partial charge >= 0.3 is 0 Å². The minimum Gasteiger partial charge on any atom is -0.344 e. The Morgan fingerprint density at radius 2 is 2.05 bits per heavy atom. The summed E-state index contributed by atoms with van der Waals surface area (Å²) in [6.07, 6.45) is 3.14. The molecule has 19 heavy (non-hydrogen) atoms. The molecule has 2 rings (SSSR count). The van der Waals surface area contributed by atoms with Gasteiger partial charge in [-0.1, -0.05) is 13.8 Å². The van der Waals surface area contributed by atoms with E-state index in [1.807, 2.05) is 0 Å². The van der Waals surface area contributed by atoms with Crippen LogP contribution in [0.3, 0.4) is 0 Å². The molecule has 2 heterocycles. The second-order valence-electron chi connectivity index (χ2n) is 4.70. The van der Waals surface area contributed by atoms with Gasteiger partial charge in [-0.2, -0.15) is 5.10 Å². The Hall–Kier alpha value is -1.55. The maximum Gasteiger partial charge on any atom is 0.0642 e. The average Bonchev–Trinajstić information content (AvgIpc) is 3.03. The highest BCUT2D eigenvalue weighted by atomic mass is 15.3. The summed E-state index contributed by atoms with van der Waals surface area (Å²) in [5.41, 5.74) is 3.79. The monoisotopic (exact) mass is 260 g/mol. The second kappa shape index (κ2) is 6.57. The first-order valence-electron chi connectivity index (χ1n) is 7.18. The molecule has 0 aliphatic heterocycles. The molecule has 4 heteroatoms. The molecule has 0 fully saturated rings. The minimum absolute atomic E-state index is 0.897. The third-order valence-electron chi connectivity index (χ3n) is 3.39. The van der Waals surface area contributed by atoms with Crippen LogP contribution in [0.4, 0.5) is 0 Å². The van der Waals surface area contributed by atoms with E-state index < -0.39 is 0 Å². The van der Waals surface area contributed by atoms with E-state index >= 15 is 0 Å². The summed E-state index contributed by atoms with van der Waals surface area (Å²) < 4.78 is 4.40. The number of nitrogens with one attached hydrogen (secondary N) is 1. The van der Waals surface area contributed by atoms with E-state index in [1.54, 1.807) is 0 Å². The SMILES string of the molecule is CCNCc1cccn1Cc1cc(CC)nn1CC. The quantitative estimate of drug-likeness (QED) is 0.829. The molecule has 0 saturated heterocycles. The van der Waals surface area contributed by atoms with E-state index in [-0.39, 0.29) is 0 Å². The molecule has 0 atom stereocenters. The first kappa shape index (κ1) is 13.9. The first-order chi connectivity index (χ1) is 9.28. The van der Waals surface area contributed by atoms with Crippen LogP contribution in [-0.2, 0) is 26.1 Å². The van der Waals surface area contributed by atoms with Crippen LogP contribution in [0.5, 0.6) is 0 Å². The van der Waals surface area contributed by atoms with Gasteiger partial charge in [0.15, 0.2) is 0 Å². The van der Waals surface area contributed by atoms with Crippen LogP contribution < -0.4 is 5.32 Å². The molecular formula is C15H24N4. The predicted molar refractivity (Wildman–Crippen MR) is 78.2 cm³/mol. The molecule has 0 aromatic carbocycles. The Morgan fingerprint density at radius 1 is 1.21 bits per heavy atom. The zero-order valence-electron chi connectivity index (χ0n) is 12.2. The van der Waals surface area contributed by atoms with Crippen molar-refractivity contribution in [1.29, 1.82) is 0 Å². The van der Waals surface area contributed by atoms with Gasteiger partial charge in [0.2, 0.25) is 0 Å². The third-order valence-corrected chi connectivity index (χ3v) is 3.39. The van der Waals surface area contributed by atoms with Gasteiger partial charge in [-0.25, -0.2) is 0 Å². The molecule has 0 saturated carbocycles. The normalized spacial score (nSPS) is 11.1. The summed E-state index contributed by atoms with van der Waals surface area (Å²) in [5, 5.41) is 7.99. The molecular weight excluding hydrogens is 236 g/mol. The lowest BCUT2D eigenvalue weighted by molar-refractivity contribution is 0.581. The Bertz CT molecular complexity index is 510. The molecule has 0 radical (unpaired) electrons.